The van der Waals surface area contributed by atoms with Crippen LogP contribution in [0.3, 0.4) is 0 Å². The zero-order chi connectivity index (χ0) is 12.3. The van der Waals surface area contributed by atoms with E-state index in [0.29, 0.717) is 0 Å². The SMILES string of the molecule is CC(Nc1ccnc(C(N)=O)c1)c1cccs1. The molecule has 3 N–H and O–H groups in total. The monoisotopic (exact) mass is 247 g/mol. The van der Waals surface area contributed by atoms with E-state index in [2.05, 4.69) is 23.3 Å². The van der Waals surface area contributed by atoms with E-state index in [0.717, 1.165) is 5.69 Å². The Morgan fingerprint density at radius 3 is 3.00 bits per heavy atom. The Hall–Kier alpha value is -1.88. The van der Waals surface area contributed by atoms with Gasteiger partial charge in [-0.15, -0.1) is 11.3 Å². The molecule has 0 bridgehead atoms. The molecule has 4 nitrogen and oxygen atoms in total. The van der Waals surface area contributed by atoms with Crippen LogP contribution in [-0.2, 0) is 0 Å². The first kappa shape index (κ1) is 11.6. The van der Waals surface area contributed by atoms with Crippen LogP contribution in [0, 0.1) is 0 Å². The molecule has 0 saturated heterocycles. The molecule has 0 aliphatic carbocycles. The summed E-state index contributed by atoms with van der Waals surface area (Å²) in [7, 11) is 0. The summed E-state index contributed by atoms with van der Waals surface area (Å²) >= 11 is 1.69. The van der Waals surface area contributed by atoms with Gasteiger partial charge >= 0.3 is 0 Å². The van der Waals surface area contributed by atoms with Crippen molar-refractivity contribution in [1.82, 2.24) is 4.98 Å². The smallest absolute Gasteiger partial charge is 0.267 e. The number of hydrogen-bond acceptors (Lipinski definition) is 4. The van der Waals surface area contributed by atoms with Gasteiger partial charge in [-0.25, -0.2) is 0 Å². The summed E-state index contributed by atoms with van der Waals surface area (Å²) in [6.45, 7) is 2.07. The predicted molar refractivity (Wildman–Crippen MR) is 69.1 cm³/mol. The Morgan fingerprint density at radius 2 is 2.35 bits per heavy atom. The maximum atomic E-state index is 11.0. The number of pyridine rings is 1. The number of aromatic nitrogens is 1. The fourth-order valence-corrected chi connectivity index (χ4v) is 2.25. The molecule has 1 unspecified atom stereocenters. The molecule has 0 saturated carbocycles. The van der Waals surface area contributed by atoms with Crippen molar-refractivity contribution in [3.63, 3.8) is 0 Å². The number of nitrogens with two attached hydrogens (primary N) is 1. The van der Waals surface area contributed by atoms with Crippen LogP contribution in [0.15, 0.2) is 35.8 Å². The van der Waals surface area contributed by atoms with E-state index >= 15 is 0 Å². The van der Waals surface area contributed by atoms with Crippen molar-refractivity contribution in [1.29, 1.82) is 0 Å². The Balaban J connectivity index is 2.13. The Labute approximate surface area is 103 Å². The summed E-state index contributed by atoms with van der Waals surface area (Å²) in [5.41, 5.74) is 6.29. The summed E-state index contributed by atoms with van der Waals surface area (Å²) in [6.07, 6.45) is 1.57. The minimum atomic E-state index is -0.516. The predicted octanol–water partition coefficient (Wildman–Crippen LogP) is 2.42. The van der Waals surface area contributed by atoms with E-state index in [-0.39, 0.29) is 11.7 Å². The van der Waals surface area contributed by atoms with Crippen molar-refractivity contribution in [2.75, 3.05) is 5.32 Å². The van der Waals surface area contributed by atoms with Gasteiger partial charge in [0.2, 0.25) is 0 Å². The molecule has 2 aromatic heterocycles. The van der Waals surface area contributed by atoms with E-state index in [4.69, 9.17) is 5.73 Å². The van der Waals surface area contributed by atoms with Crippen LogP contribution in [0.5, 0.6) is 0 Å². The minimum Gasteiger partial charge on any atom is -0.378 e. The molecule has 2 heterocycles. The summed E-state index contributed by atoms with van der Waals surface area (Å²) in [4.78, 5) is 16.1. The van der Waals surface area contributed by atoms with Crippen molar-refractivity contribution >= 4 is 22.9 Å². The van der Waals surface area contributed by atoms with Crippen LogP contribution in [0.1, 0.15) is 28.3 Å². The number of nitrogens with one attached hydrogen (secondary N) is 1. The zero-order valence-corrected chi connectivity index (χ0v) is 10.2. The number of anilines is 1. The van der Waals surface area contributed by atoms with Gasteiger partial charge in [-0.2, -0.15) is 0 Å². The van der Waals surface area contributed by atoms with E-state index in [1.807, 2.05) is 17.5 Å². The number of carbonyl (C=O) groups is 1. The van der Waals surface area contributed by atoms with Gasteiger partial charge in [-0.3, -0.25) is 9.78 Å². The molecule has 88 valence electrons. The molecule has 2 aromatic rings. The molecular weight excluding hydrogens is 234 g/mol. The highest BCUT2D eigenvalue weighted by Crippen LogP contribution is 2.22. The van der Waals surface area contributed by atoms with E-state index in [9.17, 15) is 4.79 Å². The number of nitrogens with zero attached hydrogens (tertiary/aromatic N) is 1. The fraction of sp³-hybridized carbons (Fsp3) is 0.167. The average molecular weight is 247 g/mol. The number of hydrogen-bond donors (Lipinski definition) is 2. The number of amides is 1. The van der Waals surface area contributed by atoms with E-state index < -0.39 is 5.91 Å². The largest absolute Gasteiger partial charge is 0.378 e. The molecule has 5 heteroatoms. The second-order valence-electron chi connectivity index (χ2n) is 3.68. The number of carbonyl (C=O) groups excluding carboxylic acids is 1. The lowest BCUT2D eigenvalue weighted by Crippen LogP contribution is -2.13. The summed E-state index contributed by atoms with van der Waals surface area (Å²) in [6, 6.07) is 7.75. The van der Waals surface area contributed by atoms with E-state index in [1.165, 1.54) is 4.88 Å². The first-order chi connectivity index (χ1) is 8.16. The van der Waals surface area contributed by atoms with Crippen LogP contribution >= 0.6 is 11.3 Å². The van der Waals surface area contributed by atoms with Crippen molar-refractivity contribution in [2.45, 2.75) is 13.0 Å². The maximum Gasteiger partial charge on any atom is 0.267 e. The first-order valence-electron chi connectivity index (χ1n) is 5.22. The van der Waals surface area contributed by atoms with Crippen molar-refractivity contribution in [3.8, 4) is 0 Å². The van der Waals surface area contributed by atoms with Gasteiger partial charge in [-0.05, 0) is 30.5 Å². The normalized spacial score (nSPS) is 12.1. The van der Waals surface area contributed by atoms with Crippen LogP contribution in [0.2, 0.25) is 0 Å². The third kappa shape index (κ3) is 2.82. The summed E-state index contributed by atoms with van der Waals surface area (Å²) in [5, 5.41) is 5.34. The lowest BCUT2D eigenvalue weighted by molar-refractivity contribution is 0.0995. The third-order valence-corrected chi connectivity index (χ3v) is 3.42. The van der Waals surface area contributed by atoms with Gasteiger partial charge in [0.15, 0.2) is 0 Å². The maximum absolute atomic E-state index is 11.0. The third-order valence-electron chi connectivity index (χ3n) is 2.37. The molecule has 0 aliphatic rings. The molecule has 0 aromatic carbocycles. The second-order valence-corrected chi connectivity index (χ2v) is 4.65. The topological polar surface area (TPSA) is 68.0 Å². The molecule has 1 atom stereocenters. The highest BCUT2D eigenvalue weighted by molar-refractivity contribution is 7.10. The highest BCUT2D eigenvalue weighted by Gasteiger charge is 2.08. The van der Waals surface area contributed by atoms with Crippen molar-refractivity contribution in [2.24, 2.45) is 5.73 Å². The standard InChI is InChI=1S/C12H13N3OS/c1-8(11-3-2-6-17-11)15-9-4-5-14-10(7-9)12(13)16/h2-8H,1H3,(H2,13,16)(H,14,15). The molecule has 1 amide bonds. The molecule has 2 rings (SSSR count). The van der Waals surface area contributed by atoms with E-state index in [1.54, 1.807) is 23.6 Å². The highest BCUT2D eigenvalue weighted by atomic mass is 32.1. The fourth-order valence-electron chi connectivity index (χ4n) is 1.51. The van der Waals surface area contributed by atoms with Crippen LogP contribution < -0.4 is 11.1 Å². The van der Waals surface area contributed by atoms with Crippen LogP contribution in [-0.4, -0.2) is 10.9 Å². The lowest BCUT2D eigenvalue weighted by Gasteiger charge is -2.13. The first-order valence-corrected chi connectivity index (χ1v) is 6.10. The number of primary amides is 1. The van der Waals surface area contributed by atoms with Gasteiger partial charge in [0.05, 0.1) is 6.04 Å². The molecule has 0 aliphatic heterocycles. The average Bonchev–Trinajstić information content (AvgIpc) is 2.82. The van der Waals surface area contributed by atoms with Crippen LogP contribution in [0.25, 0.3) is 0 Å². The molecule has 0 fully saturated rings. The lowest BCUT2D eigenvalue weighted by atomic mass is 10.2. The minimum absolute atomic E-state index is 0.193. The zero-order valence-electron chi connectivity index (χ0n) is 9.38. The second kappa shape index (κ2) is 4.97. The number of rotatable bonds is 4. The van der Waals surface area contributed by atoms with Crippen molar-refractivity contribution < 1.29 is 4.79 Å². The Kier molecular flexibility index (Phi) is 3.39. The van der Waals surface area contributed by atoms with Gasteiger partial charge in [0, 0.05) is 16.8 Å². The molecule has 0 radical (unpaired) electrons. The molecule has 0 spiro atoms. The van der Waals surface area contributed by atoms with Gasteiger partial charge in [0.1, 0.15) is 5.69 Å². The quantitative estimate of drug-likeness (QED) is 0.871. The summed E-state index contributed by atoms with van der Waals surface area (Å²) in [5.74, 6) is -0.516. The van der Waals surface area contributed by atoms with Crippen LogP contribution in [0.4, 0.5) is 5.69 Å². The van der Waals surface area contributed by atoms with Gasteiger partial charge < -0.3 is 11.1 Å². The number of thiophene rings is 1. The van der Waals surface area contributed by atoms with Crippen molar-refractivity contribution in [3.05, 3.63) is 46.4 Å². The molecular formula is C12H13N3OS. The Morgan fingerprint density at radius 1 is 1.53 bits per heavy atom. The Bertz CT molecular complexity index is 510. The molecule has 17 heavy (non-hydrogen) atoms. The van der Waals surface area contributed by atoms with Gasteiger partial charge in [-0.1, -0.05) is 6.07 Å². The van der Waals surface area contributed by atoms with Gasteiger partial charge in [0.25, 0.3) is 5.91 Å². The summed E-state index contributed by atoms with van der Waals surface area (Å²) < 4.78 is 0.